The smallest absolute Gasteiger partial charge is 0.220 e. The highest BCUT2D eigenvalue weighted by Gasteiger charge is 2.48. The third-order valence-corrected chi connectivity index (χ3v) is 10.7. The van der Waals surface area contributed by atoms with Crippen LogP contribution in [0, 0.1) is 0 Å². The Labute approximate surface area is 329 Å². The van der Waals surface area contributed by atoms with Crippen LogP contribution in [0.15, 0.2) is 25.3 Å². The Morgan fingerprint density at radius 3 is 1.46 bits per heavy atom. The molecule has 4 aromatic heterocycles. The first-order valence-corrected chi connectivity index (χ1v) is 19.1. The van der Waals surface area contributed by atoms with Crippen LogP contribution in [0.5, 0.6) is 0 Å². The van der Waals surface area contributed by atoms with E-state index < -0.39 is 49.1 Å². The van der Waals surface area contributed by atoms with Gasteiger partial charge in [0, 0.05) is 38.8 Å². The van der Waals surface area contributed by atoms with Gasteiger partial charge in [-0.15, -0.1) is 0 Å². The van der Waals surface area contributed by atoms with E-state index in [2.05, 4.69) is 40.5 Å². The van der Waals surface area contributed by atoms with Crippen molar-refractivity contribution in [3.63, 3.8) is 0 Å². The zero-order valence-electron chi connectivity index (χ0n) is 32.8. The normalized spacial score (nSPS) is 25.4. The van der Waals surface area contributed by atoms with Gasteiger partial charge in [0.25, 0.3) is 0 Å². The summed E-state index contributed by atoms with van der Waals surface area (Å²) in [5.74, 6) is 0.236. The molecule has 312 valence electrons. The van der Waals surface area contributed by atoms with Crippen molar-refractivity contribution in [1.82, 2.24) is 49.7 Å². The molecule has 2 amide bonds. The van der Waals surface area contributed by atoms with Crippen LogP contribution in [0.2, 0.25) is 0 Å². The van der Waals surface area contributed by atoms with Crippen LogP contribution in [-0.4, -0.2) is 184 Å². The number of ether oxygens (including phenoxy) is 2. The van der Waals surface area contributed by atoms with E-state index in [0.717, 1.165) is 0 Å². The van der Waals surface area contributed by atoms with Crippen molar-refractivity contribution >= 4 is 45.8 Å². The second-order valence-corrected chi connectivity index (χ2v) is 16.2. The van der Waals surface area contributed by atoms with Crippen LogP contribution in [0.3, 0.4) is 0 Å². The minimum atomic E-state index is -1.20. The van der Waals surface area contributed by atoms with Crippen molar-refractivity contribution in [1.29, 1.82) is 0 Å². The van der Waals surface area contributed by atoms with Crippen molar-refractivity contribution in [3.05, 3.63) is 25.3 Å². The second-order valence-electron chi connectivity index (χ2n) is 16.2. The van der Waals surface area contributed by atoms with E-state index in [1.165, 1.54) is 25.3 Å². The highest BCUT2D eigenvalue weighted by Crippen LogP contribution is 2.34. The molecule has 2 fully saturated rings. The van der Waals surface area contributed by atoms with Crippen LogP contribution in [0.4, 0.5) is 11.6 Å². The fourth-order valence-electron chi connectivity index (χ4n) is 7.55. The molecule has 8 atom stereocenters. The Morgan fingerprint density at radius 2 is 1.05 bits per heavy atom. The summed E-state index contributed by atoms with van der Waals surface area (Å²) in [6, 6.07) is 0. The Balaban J connectivity index is 0.829. The molecule has 57 heavy (non-hydrogen) atoms. The SMILES string of the molecule is C[N+](C)(CCCC(=O)NCCCNC(=O)CCC[N+](C)(C)C[C@H]1O[C@@H](n2cnc3c(N)ncnc32)[C@H](O)[C@@H]1O)C[C@H]1O[C@@H](n2cnc3c(N)ncnc32)[C@H](O)[C@@H]1O. The summed E-state index contributed by atoms with van der Waals surface area (Å²) in [4.78, 5) is 49.8. The molecule has 2 saturated heterocycles. The third-order valence-electron chi connectivity index (χ3n) is 10.7. The van der Waals surface area contributed by atoms with Crippen LogP contribution in [0.25, 0.3) is 22.3 Å². The molecular formula is C35H56N14O8+2. The molecule has 0 saturated carbocycles. The maximum absolute atomic E-state index is 12.5. The van der Waals surface area contributed by atoms with Crippen molar-refractivity contribution < 1.29 is 48.5 Å². The van der Waals surface area contributed by atoms with Gasteiger partial charge >= 0.3 is 0 Å². The van der Waals surface area contributed by atoms with Gasteiger partial charge in [-0.3, -0.25) is 18.7 Å². The van der Waals surface area contributed by atoms with E-state index in [1.54, 1.807) is 9.13 Å². The third kappa shape index (κ3) is 9.72. The summed E-state index contributed by atoms with van der Waals surface area (Å²) in [5, 5.41) is 49.0. The molecule has 0 radical (unpaired) electrons. The molecular weight excluding hydrogens is 744 g/mol. The Hall–Kier alpha value is -4.68. The lowest BCUT2D eigenvalue weighted by molar-refractivity contribution is -0.893. The monoisotopic (exact) mass is 800 g/mol. The Morgan fingerprint density at radius 1 is 0.649 bits per heavy atom. The van der Waals surface area contributed by atoms with Gasteiger partial charge in [0.15, 0.2) is 35.4 Å². The number of carbonyl (C=O) groups excluding carboxylic acids is 2. The van der Waals surface area contributed by atoms with Gasteiger partial charge in [-0.25, -0.2) is 29.9 Å². The highest BCUT2D eigenvalue weighted by atomic mass is 16.6. The van der Waals surface area contributed by atoms with E-state index in [0.29, 0.717) is 103 Å². The number of carbonyl (C=O) groups is 2. The molecule has 0 aliphatic carbocycles. The first kappa shape index (κ1) is 41.9. The number of nitrogen functional groups attached to an aromatic ring is 2. The number of rotatable bonds is 18. The number of aromatic nitrogens is 8. The molecule has 4 aromatic rings. The van der Waals surface area contributed by atoms with Crippen molar-refractivity contribution in [2.45, 2.75) is 81.2 Å². The van der Waals surface area contributed by atoms with Gasteiger partial charge < -0.3 is 61.0 Å². The zero-order valence-corrected chi connectivity index (χ0v) is 32.8. The number of nitrogens with one attached hydrogen (secondary N) is 2. The number of nitrogens with zero attached hydrogens (tertiary/aromatic N) is 10. The van der Waals surface area contributed by atoms with Crippen molar-refractivity contribution in [2.75, 3.05) is 78.9 Å². The average molecular weight is 801 g/mol. The predicted molar refractivity (Wildman–Crippen MR) is 204 cm³/mol. The second kappa shape index (κ2) is 17.4. The molecule has 2 aliphatic heterocycles. The van der Waals surface area contributed by atoms with E-state index >= 15 is 0 Å². The first-order valence-electron chi connectivity index (χ1n) is 19.1. The van der Waals surface area contributed by atoms with Crippen LogP contribution in [-0.2, 0) is 19.1 Å². The summed E-state index contributed by atoms with van der Waals surface area (Å²) in [6.07, 6.45) is 0.124. The fourth-order valence-corrected chi connectivity index (χ4v) is 7.55. The quantitative estimate of drug-likeness (QED) is 0.0378. The fraction of sp³-hybridized carbons (Fsp3) is 0.657. The number of imidazole rings is 2. The largest absolute Gasteiger partial charge is 0.387 e. The standard InChI is InChI=1S/C35H54N14O8/c1-48(2,14-20-26(52)28(54)34(56-20)46-18-44-24-30(36)40-16-42-32(24)46)12-5-8-22(50)38-10-7-11-39-23(51)9-6-13-49(3,4)15-21-27(53)29(55)35(57-21)47-19-45-25-31(37)41-17-43-33(25)47/h16-21,26-29,34-35,52-55H,5-15H2,1-4H3,(H4-2,36,37,38,39,40,41,42,43,50,51)/p+2/t20-,21-,26-,27-,28-,29-,34-,35-/m1/s1. The first-order chi connectivity index (χ1) is 27.0. The minimum absolute atomic E-state index is 0.0885. The van der Waals surface area contributed by atoms with Gasteiger partial charge in [-0.1, -0.05) is 0 Å². The number of quaternary nitrogens is 2. The summed E-state index contributed by atoms with van der Waals surface area (Å²) in [7, 11) is 7.91. The molecule has 6 rings (SSSR count). The topological polar surface area (TPSA) is 297 Å². The van der Waals surface area contributed by atoms with Gasteiger partial charge in [-0.05, 0) is 6.42 Å². The van der Waals surface area contributed by atoms with Crippen molar-refractivity contribution in [2.24, 2.45) is 0 Å². The molecule has 22 nitrogen and oxygen atoms in total. The number of fused-ring (bicyclic) bond motifs is 2. The predicted octanol–water partition coefficient (Wildman–Crippen LogP) is -2.60. The van der Waals surface area contributed by atoms with Crippen LogP contribution in [0.1, 0.15) is 44.6 Å². The Bertz CT molecular complexity index is 1870. The van der Waals surface area contributed by atoms with Crippen LogP contribution >= 0.6 is 0 Å². The zero-order chi connectivity index (χ0) is 41.1. The number of hydrogen-bond donors (Lipinski definition) is 8. The summed E-state index contributed by atoms with van der Waals surface area (Å²) in [6.45, 7) is 2.92. The number of anilines is 2. The van der Waals surface area contributed by atoms with Gasteiger partial charge in [0.2, 0.25) is 11.8 Å². The molecule has 2 aliphatic rings. The van der Waals surface area contributed by atoms with E-state index in [4.69, 9.17) is 20.9 Å². The summed E-state index contributed by atoms with van der Waals surface area (Å²) in [5.41, 5.74) is 13.3. The molecule has 0 bridgehead atoms. The average Bonchev–Trinajstić information content (AvgIpc) is 3.91. The number of hydrogen-bond acceptors (Lipinski definition) is 16. The molecule has 0 unspecified atom stereocenters. The van der Waals surface area contributed by atoms with Gasteiger partial charge in [0.1, 0.15) is 73.4 Å². The van der Waals surface area contributed by atoms with Gasteiger partial charge in [0.05, 0.1) is 53.9 Å². The van der Waals surface area contributed by atoms with E-state index in [9.17, 15) is 30.0 Å². The molecule has 22 heteroatoms. The summed E-state index contributed by atoms with van der Waals surface area (Å²) < 4.78 is 16.2. The molecule has 10 N–H and O–H groups in total. The number of aliphatic hydroxyl groups excluding tert-OH is 4. The minimum Gasteiger partial charge on any atom is -0.387 e. The van der Waals surface area contributed by atoms with E-state index in [-0.39, 0.29) is 23.5 Å². The molecule has 0 aromatic carbocycles. The molecule has 0 spiro atoms. The van der Waals surface area contributed by atoms with Crippen molar-refractivity contribution in [3.8, 4) is 0 Å². The number of amides is 2. The maximum Gasteiger partial charge on any atom is 0.220 e. The summed E-state index contributed by atoms with van der Waals surface area (Å²) >= 11 is 0. The lowest BCUT2D eigenvalue weighted by Gasteiger charge is -2.33. The lowest BCUT2D eigenvalue weighted by Crippen LogP contribution is -2.49. The Kier molecular flexibility index (Phi) is 12.8. The van der Waals surface area contributed by atoms with Gasteiger partial charge in [-0.2, -0.15) is 0 Å². The molecule has 6 heterocycles. The number of aliphatic hydroxyl groups is 4. The maximum atomic E-state index is 12.5. The number of likely N-dealkylation sites (N-methyl/N-ethyl adjacent to an activating group) is 2. The highest BCUT2D eigenvalue weighted by molar-refractivity contribution is 5.82. The number of nitrogens with two attached hydrogens (primary N) is 2. The van der Waals surface area contributed by atoms with Crippen LogP contribution < -0.4 is 22.1 Å². The lowest BCUT2D eigenvalue weighted by atomic mass is 10.1. The van der Waals surface area contributed by atoms with E-state index in [1.807, 2.05) is 28.2 Å².